The lowest BCUT2D eigenvalue weighted by atomic mass is 10.2. The number of carboxylic acids is 2. The van der Waals surface area contributed by atoms with Crippen LogP contribution in [0.4, 0.5) is 0 Å². The number of carboxylic acid groups (broad SMARTS) is 2. The van der Waals surface area contributed by atoms with Gasteiger partial charge in [-0.25, -0.2) is 9.59 Å². The lowest BCUT2D eigenvalue weighted by molar-refractivity contribution is -0.164. The summed E-state index contributed by atoms with van der Waals surface area (Å²) in [6, 6.07) is 5.89. The van der Waals surface area contributed by atoms with Crippen LogP contribution in [0.3, 0.4) is 0 Å². The topological polar surface area (TPSA) is 121 Å². The number of aromatic hydroxyl groups is 1. The summed E-state index contributed by atoms with van der Waals surface area (Å²) in [6.07, 6.45) is -0.218. The molecule has 0 aliphatic heterocycles. The lowest BCUT2D eigenvalue weighted by Crippen LogP contribution is -2.28. The SMILES string of the molecule is O=C(O)C[C@H](OC(=O)/C=C/c1ccc(O)cc1)C(=O)O. The van der Waals surface area contributed by atoms with Crippen molar-refractivity contribution in [2.45, 2.75) is 12.5 Å². The van der Waals surface area contributed by atoms with Crippen LogP contribution in [0.5, 0.6) is 5.75 Å². The average molecular weight is 280 g/mol. The van der Waals surface area contributed by atoms with Crippen LogP contribution < -0.4 is 0 Å². The summed E-state index contributed by atoms with van der Waals surface area (Å²) in [5.41, 5.74) is 0.588. The van der Waals surface area contributed by atoms with E-state index in [0.29, 0.717) is 5.56 Å². The van der Waals surface area contributed by atoms with E-state index in [0.717, 1.165) is 6.08 Å². The highest BCUT2D eigenvalue weighted by atomic mass is 16.6. The molecule has 0 saturated carbocycles. The highest BCUT2D eigenvalue weighted by molar-refractivity contribution is 5.90. The molecule has 20 heavy (non-hydrogen) atoms. The second kappa shape index (κ2) is 6.93. The molecule has 3 N–H and O–H groups in total. The van der Waals surface area contributed by atoms with Crippen molar-refractivity contribution in [1.29, 1.82) is 0 Å². The van der Waals surface area contributed by atoms with Crippen molar-refractivity contribution in [2.24, 2.45) is 0 Å². The van der Waals surface area contributed by atoms with Crippen molar-refractivity contribution in [2.75, 3.05) is 0 Å². The van der Waals surface area contributed by atoms with Crippen LogP contribution in [0.25, 0.3) is 6.08 Å². The number of carbonyl (C=O) groups is 3. The van der Waals surface area contributed by atoms with E-state index in [1.54, 1.807) is 0 Å². The number of hydrogen-bond acceptors (Lipinski definition) is 5. The highest BCUT2D eigenvalue weighted by Crippen LogP contribution is 2.11. The van der Waals surface area contributed by atoms with Crippen LogP contribution in [0, 0.1) is 0 Å². The third-order valence-corrected chi connectivity index (χ3v) is 2.20. The van der Waals surface area contributed by atoms with Crippen LogP contribution in [0.15, 0.2) is 30.3 Å². The fourth-order valence-electron chi connectivity index (χ4n) is 1.27. The van der Waals surface area contributed by atoms with Gasteiger partial charge in [0.1, 0.15) is 5.75 Å². The molecular weight excluding hydrogens is 268 g/mol. The molecule has 0 radical (unpaired) electrons. The Kier molecular flexibility index (Phi) is 5.28. The van der Waals surface area contributed by atoms with Gasteiger partial charge >= 0.3 is 17.9 Å². The Morgan fingerprint density at radius 1 is 1.15 bits per heavy atom. The molecule has 0 bridgehead atoms. The summed E-state index contributed by atoms with van der Waals surface area (Å²) >= 11 is 0. The first kappa shape index (κ1) is 15.2. The van der Waals surface area contributed by atoms with E-state index in [1.807, 2.05) is 0 Å². The van der Waals surface area contributed by atoms with Crippen molar-refractivity contribution >= 4 is 24.0 Å². The average Bonchev–Trinajstić information content (AvgIpc) is 2.36. The number of hydrogen-bond donors (Lipinski definition) is 3. The number of phenolic OH excluding ortho intramolecular Hbond substituents is 1. The number of esters is 1. The minimum absolute atomic E-state index is 0.0668. The summed E-state index contributed by atoms with van der Waals surface area (Å²) in [4.78, 5) is 32.5. The zero-order valence-electron chi connectivity index (χ0n) is 10.2. The summed E-state index contributed by atoms with van der Waals surface area (Å²) in [6.45, 7) is 0. The molecule has 1 atom stereocenters. The Bertz CT molecular complexity index is 530. The van der Waals surface area contributed by atoms with Crippen LogP contribution in [0.1, 0.15) is 12.0 Å². The van der Waals surface area contributed by atoms with Gasteiger partial charge in [-0.15, -0.1) is 0 Å². The minimum Gasteiger partial charge on any atom is -0.508 e. The van der Waals surface area contributed by atoms with Gasteiger partial charge < -0.3 is 20.1 Å². The van der Waals surface area contributed by atoms with Gasteiger partial charge in [0.25, 0.3) is 0 Å². The van der Waals surface area contributed by atoms with E-state index in [2.05, 4.69) is 4.74 Å². The lowest BCUT2D eigenvalue weighted by Gasteiger charge is -2.09. The largest absolute Gasteiger partial charge is 0.508 e. The maximum atomic E-state index is 11.4. The molecule has 0 aromatic heterocycles. The number of aliphatic carboxylic acids is 2. The van der Waals surface area contributed by atoms with E-state index >= 15 is 0 Å². The smallest absolute Gasteiger partial charge is 0.345 e. The van der Waals surface area contributed by atoms with Crippen LogP contribution in [-0.2, 0) is 19.1 Å². The number of carbonyl (C=O) groups excluding carboxylic acids is 1. The predicted octanol–water partition coefficient (Wildman–Crippen LogP) is 0.877. The highest BCUT2D eigenvalue weighted by Gasteiger charge is 2.24. The number of benzene rings is 1. The minimum atomic E-state index is -1.73. The Balaban J connectivity index is 2.63. The second-order valence-electron chi connectivity index (χ2n) is 3.79. The first-order valence-electron chi connectivity index (χ1n) is 5.51. The van der Waals surface area contributed by atoms with Gasteiger partial charge in [-0.2, -0.15) is 0 Å². The molecular formula is C13H12O7. The Morgan fingerprint density at radius 3 is 2.25 bits per heavy atom. The molecule has 0 unspecified atom stereocenters. The van der Waals surface area contributed by atoms with Gasteiger partial charge in [-0.05, 0) is 23.8 Å². The third-order valence-electron chi connectivity index (χ3n) is 2.20. The van der Waals surface area contributed by atoms with Crippen molar-refractivity contribution in [3.63, 3.8) is 0 Å². The van der Waals surface area contributed by atoms with Gasteiger partial charge in [0.15, 0.2) is 0 Å². The molecule has 7 nitrogen and oxygen atoms in total. The number of ether oxygens (including phenoxy) is 1. The standard InChI is InChI=1S/C13H12O7/c14-9-4-1-8(2-5-9)3-6-12(17)20-10(13(18)19)7-11(15)16/h1-6,10,14H,7H2,(H,15,16)(H,18,19)/b6-3+/t10-/m0/s1. The maximum Gasteiger partial charge on any atom is 0.345 e. The quantitative estimate of drug-likeness (QED) is 0.522. The van der Waals surface area contributed by atoms with Gasteiger partial charge in [-0.3, -0.25) is 4.79 Å². The first-order chi connectivity index (χ1) is 9.38. The Labute approximate surface area is 113 Å². The molecule has 7 heteroatoms. The van der Waals surface area contributed by atoms with Gasteiger partial charge in [-0.1, -0.05) is 12.1 Å². The van der Waals surface area contributed by atoms with Crippen LogP contribution >= 0.6 is 0 Å². The molecule has 0 saturated heterocycles. The molecule has 1 aromatic carbocycles. The predicted molar refractivity (Wildman–Crippen MR) is 66.9 cm³/mol. The first-order valence-corrected chi connectivity index (χ1v) is 5.51. The molecule has 0 heterocycles. The molecule has 0 fully saturated rings. The second-order valence-corrected chi connectivity index (χ2v) is 3.79. The summed E-state index contributed by atoms with van der Waals surface area (Å²) in [5.74, 6) is -3.81. The molecule has 0 amide bonds. The van der Waals surface area contributed by atoms with Crippen LogP contribution in [-0.4, -0.2) is 39.3 Å². The van der Waals surface area contributed by atoms with E-state index in [9.17, 15) is 14.4 Å². The van der Waals surface area contributed by atoms with E-state index in [-0.39, 0.29) is 5.75 Å². The van der Waals surface area contributed by atoms with E-state index in [1.165, 1.54) is 30.3 Å². The molecule has 1 aromatic rings. The van der Waals surface area contributed by atoms with Crippen LogP contribution in [0.2, 0.25) is 0 Å². The maximum absolute atomic E-state index is 11.4. The summed E-state index contributed by atoms with van der Waals surface area (Å²) in [7, 11) is 0. The third kappa shape index (κ3) is 5.21. The van der Waals surface area contributed by atoms with E-state index < -0.39 is 30.4 Å². The Morgan fingerprint density at radius 2 is 1.75 bits per heavy atom. The fraction of sp³-hybridized carbons (Fsp3) is 0.154. The molecule has 106 valence electrons. The normalized spacial score (nSPS) is 12.0. The molecule has 0 aliphatic rings. The van der Waals surface area contributed by atoms with Gasteiger partial charge in [0, 0.05) is 6.08 Å². The van der Waals surface area contributed by atoms with Crippen molar-refractivity contribution < 1.29 is 34.4 Å². The van der Waals surface area contributed by atoms with Gasteiger partial charge in [0.05, 0.1) is 6.42 Å². The van der Waals surface area contributed by atoms with Gasteiger partial charge in [0.2, 0.25) is 6.10 Å². The van der Waals surface area contributed by atoms with Crippen molar-refractivity contribution in [3.8, 4) is 5.75 Å². The number of phenols is 1. The molecule has 0 aliphatic carbocycles. The summed E-state index contributed by atoms with van der Waals surface area (Å²) < 4.78 is 4.51. The van der Waals surface area contributed by atoms with Crippen molar-refractivity contribution in [3.05, 3.63) is 35.9 Å². The summed E-state index contributed by atoms with van der Waals surface area (Å²) in [5, 5.41) is 26.2. The fourth-order valence-corrected chi connectivity index (χ4v) is 1.27. The zero-order valence-corrected chi connectivity index (χ0v) is 10.2. The Hall–Kier alpha value is -2.83. The van der Waals surface area contributed by atoms with E-state index in [4.69, 9.17) is 15.3 Å². The molecule has 1 rings (SSSR count). The number of rotatable bonds is 6. The monoisotopic (exact) mass is 280 g/mol. The molecule has 0 spiro atoms. The zero-order chi connectivity index (χ0) is 15.1. The van der Waals surface area contributed by atoms with Crippen molar-refractivity contribution in [1.82, 2.24) is 0 Å².